The minimum absolute atomic E-state index is 0.822. The summed E-state index contributed by atoms with van der Waals surface area (Å²) >= 11 is 2.28. The van der Waals surface area contributed by atoms with Crippen molar-refractivity contribution in [3.63, 3.8) is 0 Å². The van der Waals surface area contributed by atoms with Crippen molar-refractivity contribution in [1.82, 2.24) is 5.32 Å². The highest BCUT2D eigenvalue weighted by atomic mass is 32.2. The third kappa shape index (κ3) is 4.78. The first-order chi connectivity index (χ1) is 10.9. The standard InChI is InChI=1S/C20H31NS/c1-2-9-17(10-3-1)11-8-16-22-20-14-5-4-12-18(20)19-13-6-7-15-21-19/h2-3,9,18-21H,4-8,10-16H2. The maximum atomic E-state index is 3.82. The van der Waals surface area contributed by atoms with E-state index in [0.717, 1.165) is 23.6 Å². The second kappa shape index (κ2) is 9.01. The van der Waals surface area contributed by atoms with Crippen LogP contribution in [-0.4, -0.2) is 23.6 Å². The van der Waals surface area contributed by atoms with Gasteiger partial charge in [-0.2, -0.15) is 11.8 Å². The van der Waals surface area contributed by atoms with Gasteiger partial charge in [0.1, 0.15) is 0 Å². The fourth-order valence-electron chi connectivity index (χ4n) is 4.25. The van der Waals surface area contributed by atoms with Gasteiger partial charge in [-0.3, -0.25) is 0 Å². The molecule has 1 saturated carbocycles. The zero-order valence-corrected chi connectivity index (χ0v) is 14.7. The maximum Gasteiger partial charge on any atom is 0.0106 e. The van der Waals surface area contributed by atoms with E-state index in [1.165, 1.54) is 70.1 Å². The molecule has 3 rings (SSSR count). The Hall–Kier alpha value is -0.430. The molecule has 3 atom stereocenters. The number of hydrogen-bond acceptors (Lipinski definition) is 2. The molecule has 0 spiro atoms. The van der Waals surface area contributed by atoms with E-state index < -0.39 is 0 Å². The molecule has 22 heavy (non-hydrogen) atoms. The molecule has 3 unspecified atom stereocenters. The Morgan fingerprint density at radius 2 is 2.05 bits per heavy atom. The van der Waals surface area contributed by atoms with Crippen LogP contribution in [0.3, 0.4) is 0 Å². The first-order valence-electron chi connectivity index (χ1n) is 9.37. The van der Waals surface area contributed by atoms with Crippen molar-refractivity contribution >= 4 is 11.8 Å². The van der Waals surface area contributed by atoms with E-state index in [1.54, 1.807) is 5.57 Å². The fraction of sp³-hybridized carbons (Fsp3) is 0.750. The number of thioether (sulfide) groups is 1. The van der Waals surface area contributed by atoms with Gasteiger partial charge < -0.3 is 5.32 Å². The number of allylic oxidation sites excluding steroid dienone is 3. The highest BCUT2D eigenvalue weighted by Crippen LogP contribution is 2.38. The predicted octanol–water partition coefficient (Wildman–Crippen LogP) is 5.24. The van der Waals surface area contributed by atoms with Crippen molar-refractivity contribution in [2.75, 3.05) is 12.3 Å². The summed E-state index contributed by atoms with van der Waals surface area (Å²) in [6.07, 6.45) is 20.4. The lowest BCUT2D eigenvalue weighted by Gasteiger charge is -2.39. The van der Waals surface area contributed by atoms with Crippen LogP contribution >= 0.6 is 11.8 Å². The van der Waals surface area contributed by atoms with Gasteiger partial charge in [0.15, 0.2) is 0 Å². The molecule has 1 nitrogen and oxygen atoms in total. The molecule has 2 heteroatoms. The minimum atomic E-state index is 0.822. The molecule has 0 bridgehead atoms. The average Bonchev–Trinajstić information content (AvgIpc) is 2.61. The molecule has 1 N–H and O–H groups in total. The van der Waals surface area contributed by atoms with Gasteiger partial charge in [-0.15, -0.1) is 5.73 Å². The normalized spacial score (nSPS) is 32.0. The molecular weight excluding hydrogens is 286 g/mol. The smallest absolute Gasteiger partial charge is 0.0106 e. The second-order valence-corrected chi connectivity index (χ2v) is 8.43. The van der Waals surface area contributed by atoms with Crippen LogP contribution in [0.1, 0.15) is 64.2 Å². The highest BCUT2D eigenvalue weighted by Gasteiger charge is 2.32. The Morgan fingerprint density at radius 1 is 1.14 bits per heavy atom. The Morgan fingerprint density at radius 3 is 2.86 bits per heavy atom. The van der Waals surface area contributed by atoms with Crippen molar-refractivity contribution in [2.24, 2.45) is 5.92 Å². The molecule has 0 amide bonds. The lowest BCUT2D eigenvalue weighted by molar-refractivity contribution is 0.242. The van der Waals surface area contributed by atoms with E-state index in [0.29, 0.717) is 0 Å². The van der Waals surface area contributed by atoms with Gasteiger partial charge >= 0.3 is 0 Å². The Bertz CT molecular complexity index is 427. The molecule has 1 heterocycles. The van der Waals surface area contributed by atoms with E-state index in [1.807, 2.05) is 0 Å². The van der Waals surface area contributed by atoms with Gasteiger partial charge in [0.2, 0.25) is 0 Å². The van der Waals surface area contributed by atoms with E-state index in [2.05, 4.69) is 41.0 Å². The molecule has 3 aliphatic rings. The molecule has 1 aliphatic heterocycles. The summed E-state index contributed by atoms with van der Waals surface area (Å²) in [5, 5.41) is 4.74. The monoisotopic (exact) mass is 317 g/mol. The van der Waals surface area contributed by atoms with Crippen molar-refractivity contribution in [3.8, 4) is 0 Å². The molecule has 0 radical (unpaired) electrons. The largest absolute Gasteiger partial charge is 0.314 e. The average molecular weight is 318 g/mol. The molecule has 0 aromatic rings. The van der Waals surface area contributed by atoms with Crippen LogP contribution in [0.15, 0.2) is 29.5 Å². The van der Waals surface area contributed by atoms with Crippen molar-refractivity contribution in [3.05, 3.63) is 29.5 Å². The van der Waals surface area contributed by atoms with Gasteiger partial charge in [0.25, 0.3) is 0 Å². The lowest BCUT2D eigenvalue weighted by atomic mass is 9.80. The summed E-state index contributed by atoms with van der Waals surface area (Å²) in [6, 6.07) is 0.822. The first kappa shape index (κ1) is 16.4. The maximum absolute atomic E-state index is 3.82. The van der Waals surface area contributed by atoms with Crippen LogP contribution in [-0.2, 0) is 0 Å². The molecule has 2 aliphatic carbocycles. The summed E-state index contributed by atoms with van der Waals surface area (Å²) in [4.78, 5) is 0. The van der Waals surface area contributed by atoms with Gasteiger partial charge in [-0.25, -0.2) is 0 Å². The zero-order chi connectivity index (χ0) is 15.0. The zero-order valence-electron chi connectivity index (χ0n) is 13.9. The van der Waals surface area contributed by atoms with Crippen LogP contribution in [0.4, 0.5) is 0 Å². The van der Waals surface area contributed by atoms with Gasteiger partial charge in [-0.1, -0.05) is 30.9 Å². The summed E-state index contributed by atoms with van der Waals surface area (Å²) in [7, 11) is 0. The molecule has 0 aromatic heterocycles. The third-order valence-corrected chi connectivity index (χ3v) is 7.03. The van der Waals surface area contributed by atoms with Gasteiger partial charge in [0.05, 0.1) is 0 Å². The van der Waals surface area contributed by atoms with E-state index in [9.17, 15) is 0 Å². The molecule has 0 aromatic carbocycles. The van der Waals surface area contributed by atoms with Crippen LogP contribution in [0.25, 0.3) is 0 Å². The number of piperidine rings is 1. The summed E-state index contributed by atoms with van der Waals surface area (Å²) in [5.41, 5.74) is 4.75. The van der Waals surface area contributed by atoms with Crippen LogP contribution < -0.4 is 5.32 Å². The molecule has 2 fully saturated rings. The van der Waals surface area contributed by atoms with Crippen molar-refractivity contribution in [2.45, 2.75) is 75.5 Å². The minimum Gasteiger partial charge on any atom is -0.314 e. The van der Waals surface area contributed by atoms with Crippen LogP contribution in [0.5, 0.6) is 0 Å². The van der Waals surface area contributed by atoms with E-state index in [-0.39, 0.29) is 0 Å². The van der Waals surface area contributed by atoms with Crippen molar-refractivity contribution < 1.29 is 0 Å². The SMILES string of the molecule is C1=CC=C(CCCSC2CCCCC2C2CCCCN2)CC=1. The third-order valence-electron chi connectivity index (χ3n) is 5.49. The second-order valence-electron chi connectivity index (χ2n) is 7.08. The predicted molar refractivity (Wildman–Crippen MR) is 98.4 cm³/mol. The van der Waals surface area contributed by atoms with E-state index >= 15 is 0 Å². The topological polar surface area (TPSA) is 12.0 Å². The fourth-order valence-corrected chi connectivity index (χ4v) is 5.77. The van der Waals surface area contributed by atoms with Gasteiger partial charge in [-0.05, 0) is 75.3 Å². The van der Waals surface area contributed by atoms with Crippen LogP contribution in [0.2, 0.25) is 0 Å². The van der Waals surface area contributed by atoms with Crippen LogP contribution in [0, 0.1) is 5.92 Å². The highest BCUT2D eigenvalue weighted by molar-refractivity contribution is 7.99. The lowest BCUT2D eigenvalue weighted by Crippen LogP contribution is -2.45. The molecule has 1 saturated heterocycles. The quantitative estimate of drug-likeness (QED) is 0.531. The number of hydrogen-bond donors (Lipinski definition) is 1. The molecular formula is C20H31NS. The molecule has 122 valence electrons. The summed E-state index contributed by atoms with van der Waals surface area (Å²) in [5.74, 6) is 2.29. The Labute approximate surface area is 140 Å². The number of nitrogens with one attached hydrogen (secondary N) is 1. The number of rotatable bonds is 6. The Kier molecular flexibility index (Phi) is 6.73. The van der Waals surface area contributed by atoms with E-state index in [4.69, 9.17) is 0 Å². The summed E-state index contributed by atoms with van der Waals surface area (Å²) in [6.45, 7) is 1.26. The van der Waals surface area contributed by atoms with Gasteiger partial charge in [0, 0.05) is 11.3 Å². The van der Waals surface area contributed by atoms with Crippen molar-refractivity contribution in [1.29, 1.82) is 0 Å². The Balaban J connectivity index is 1.41. The first-order valence-corrected chi connectivity index (χ1v) is 10.4. The summed E-state index contributed by atoms with van der Waals surface area (Å²) < 4.78 is 0.